The van der Waals surface area contributed by atoms with Crippen molar-refractivity contribution >= 4 is 0 Å². The van der Waals surface area contributed by atoms with E-state index >= 15 is 0 Å². The Balaban J connectivity index is 1.97. The third-order valence-corrected chi connectivity index (χ3v) is 3.43. The molecule has 2 heterocycles. The molecule has 0 aliphatic rings. The van der Waals surface area contributed by atoms with Crippen molar-refractivity contribution in [3.05, 3.63) is 83.2 Å². The van der Waals surface area contributed by atoms with E-state index in [2.05, 4.69) is 61.3 Å². The normalized spacial score (nSPS) is 10.6. The minimum Gasteiger partial charge on any atom is -0.255 e. The molecule has 2 aromatic heterocycles. The first-order valence-corrected chi connectivity index (χ1v) is 7.15. The van der Waals surface area contributed by atoms with Crippen molar-refractivity contribution in [2.24, 2.45) is 0 Å². The van der Waals surface area contributed by atoms with Gasteiger partial charge in [0.1, 0.15) is 0 Å². The first kappa shape index (κ1) is 13.5. The summed E-state index contributed by atoms with van der Waals surface area (Å²) < 4.78 is 0. The molecule has 3 aromatic rings. The predicted octanol–water partition coefficient (Wildman–Crippen LogP) is 4.35. The number of benzene rings is 1. The molecule has 0 bridgehead atoms. The molecule has 1 aromatic carbocycles. The molecule has 2 heteroatoms. The Morgan fingerprint density at radius 2 is 1.57 bits per heavy atom. The first-order chi connectivity index (χ1) is 10.2. The number of nitrogens with zero attached hydrogens (tertiary/aromatic N) is 2. The lowest BCUT2D eigenvalue weighted by Crippen LogP contribution is -1.97. The van der Waals surface area contributed by atoms with Gasteiger partial charge >= 0.3 is 0 Å². The fourth-order valence-electron chi connectivity index (χ4n) is 2.44. The van der Waals surface area contributed by atoms with E-state index in [0.29, 0.717) is 0 Å². The topological polar surface area (TPSA) is 25.8 Å². The summed E-state index contributed by atoms with van der Waals surface area (Å²) in [6.07, 6.45) is 2.69. The first-order valence-electron chi connectivity index (χ1n) is 7.15. The Hall–Kier alpha value is -2.48. The van der Waals surface area contributed by atoms with Crippen molar-refractivity contribution in [3.63, 3.8) is 0 Å². The van der Waals surface area contributed by atoms with Gasteiger partial charge in [-0.05, 0) is 54.8 Å². The van der Waals surface area contributed by atoms with E-state index in [9.17, 15) is 0 Å². The van der Waals surface area contributed by atoms with Gasteiger partial charge in [0.15, 0.2) is 0 Å². The second-order valence-corrected chi connectivity index (χ2v) is 5.40. The zero-order valence-corrected chi connectivity index (χ0v) is 12.4. The molecule has 0 aliphatic carbocycles. The maximum Gasteiger partial charge on any atom is 0.0892 e. The Kier molecular flexibility index (Phi) is 3.78. The van der Waals surface area contributed by atoms with E-state index in [4.69, 9.17) is 4.98 Å². The Morgan fingerprint density at radius 1 is 0.810 bits per heavy atom. The van der Waals surface area contributed by atoms with Crippen molar-refractivity contribution in [1.29, 1.82) is 0 Å². The van der Waals surface area contributed by atoms with Gasteiger partial charge in [0, 0.05) is 18.3 Å². The Bertz CT molecular complexity index is 749. The standard InChI is InChI=1S/C19H18N2/c1-14-8-9-20-18(11-14)19-12-15(2)10-17(21-19)13-16-6-4-3-5-7-16/h3-12H,13H2,1-2H3. The van der Waals surface area contributed by atoms with Gasteiger partial charge in [-0.3, -0.25) is 9.97 Å². The molecule has 0 saturated carbocycles. The molecule has 0 saturated heterocycles. The third-order valence-electron chi connectivity index (χ3n) is 3.43. The monoisotopic (exact) mass is 274 g/mol. The SMILES string of the molecule is Cc1ccnc(-c2cc(C)cc(Cc3ccccc3)n2)c1. The van der Waals surface area contributed by atoms with Crippen molar-refractivity contribution in [2.75, 3.05) is 0 Å². The molecule has 2 nitrogen and oxygen atoms in total. The molecule has 0 unspecified atom stereocenters. The van der Waals surface area contributed by atoms with Crippen LogP contribution in [-0.2, 0) is 6.42 Å². The highest BCUT2D eigenvalue weighted by atomic mass is 14.8. The van der Waals surface area contributed by atoms with Crippen LogP contribution in [0.1, 0.15) is 22.4 Å². The smallest absolute Gasteiger partial charge is 0.0892 e. The van der Waals surface area contributed by atoms with Crippen LogP contribution in [0.5, 0.6) is 0 Å². The van der Waals surface area contributed by atoms with Gasteiger partial charge in [-0.1, -0.05) is 30.3 Å². The average Bonchev–Trinajstić information content (AvgIpc) is 2.48. The number of aromatic nitrogens is 2. The fraction of sp³-hybridized carbons (Fsp3) is 0.158. The molecular weight excluding hydrogens is 256 g/mol. The molecule has 0 aliphatic heterocycles. The van der Waals surface area contributed by atoms with E-state index in [1.807, 2.05) is 18.3 Å². The fourth-order valence-corrected chi connectivity index (χ4v) is 2.44. The highest BCUT2D eigenvalue weighted by Crippen LogP contribution is 2.19. The van der Waals surface area contributed by atoms with E-state index in [-0.39, 0.29) is 0 Å². The van der Waals surface area contributed by atoms with Gasteiger partial charge in [-0.2, -0.15) is 0 Å². The van der Waals surface area contributed by atoms with Gasteiger partial charge in [-0.15, -0.1) is 0 Å². The zero-order chi connectivity index (χ0) is 14.7. The lowest BCUT2D eigenvalue weighted by molar-refractivity contribution is 1.06. The number of pyridine rings is 2. The molecule has 0 atom stereocenters. The maximum atomic E-state index is 4.78. The van der Waals surface area contributed by atoms with Crippen molar-refractivity contribution in [2.45, 2.75) is 20.3 Å². The lowest BCUT2D eigenvalue weighted by atomic mass is 10.1. The van der Waals surface area contributed by atoms with E-state index in [0.717, 1.165) is 23.5 Å². The lowest BCUT2D eigenvalue weighted by Gasteiger charge is -2.07. The van der Waals surface area contributed by atoms with Gasteiger partial charge in [0.25, 0.3) is 0 Å². The molecule has 0 spiro atoms. The summed E-state index contributed by atoms with van der Waals surface area (Å²) in [5.41, 5.74) is 6.66. The van der Waals surface area contributed by atoms with Crippen molar-refractivity contribution in [3.8, 4) is 11.4 Å². The second kappa shape index (κ2) is 5.88. The third kappa shape index (κ3) is 3.34. The summed E-state index contributed by atoms with van der Waals surface area (Å²) >= 11 is 0. The molecule has 0 N–H and O–H groups in total. The van der Waals surface area contributed by atoms with Gasteiger partial charge < -0.3 is 0 Å². The van der Waals surface area contributed by atoms with E-state index in [1.165, 1.54) is 16.7 Å². The van der Waals surface area contributed by atoms with Crippen molar-refractivity contribution in [1.82, 2.24) is 9.97 Å². The van der Waals surface area contributed by atoms with Crippen LogP contribution in [0.3, 0.4) is 0 Å². The molecule has 0 amide bonds. The summed E-state index contributed by atoms with van der Waals surface area (Å²) in [7, 11) is 0. The molecule has 104 valence electrons. The minimum absolute atomic E-state index is 0.849. The van der Waals surface area contributed by atoms with Crippen LogP contribution in [-0.4, -0.2) is 9.97 Å². The quantitative estimate of drug-likeness (QED) is 0.709. The number of hydrogen-bond acceptors (Lipinski definition) is 2. The van der Waals surface area contributed by atoms with E-state index < -0.39 is 0 Å². The number of rotatable bonds is 3. The van der Waals surface area contributed by atoms with Gasteiger partial charge in [0.05, 0.1) is 11.4 Å². The molecule has 0 radical (unpaired) electrons. The van der Waals surface area contributed by atoms with Crippen LogP contribution >= 0.6 is 0 Å². The summed E-state index contributed by atoms with van der Waals surface area (Å²) in [4.78, 5) is 9.21. The van der Waals surface area contributed by atoms with Crippen LogP contribution in [0.25, 0.3) is 11.4 Å². The van der Waals surface area contributed by atoms with Gasteiger partial charge in [-0.25, -0.2) is 0 Å². The largest absolute Gasteiger partial charge is 0.255 e. The van der Waals surface area contributed by atoms with Crippen LogP contribution in [0.15, 0.2) is 60.8 Å². The predicted molar refractivity (Wildman–Crippen MR) is 86.2 cm³/mol. The summed E-state index contributed by atoms with van der Waals surface area (Å²) in [6.45, 7) is 4.18. The van der Waals surface area contributed by atoms with E-state index in [1.54, 1.807) is 0 Å². The summed E-state index contributed by atoms with van der Waals surface area (Å²) in [6, 6.07) is 18.8. The second-order valence-electron chi connectivity index (χ2n) is 5.40. The minimum atomic E-state index is 0.849. The zero-order valence-electron chi connectivity index (χ0n) is 12.4. The van der Waals surface area contributed by atoms with Crippen LogP contribution < -0.4 is 0 Å². The van der Waals surface area contributed by atoms with Gasteiger partial charge in [0.2, 0.25) is 0 Å². The highest BCUT2D eigenvalue weighted by Gasteiger charge is 2.05. The summed E-state index contributed by atoms with van der Waals surface area (Å²) in [5, 5.41) is 0. The molecule has 0 fully saturated rings. The number of hydrogen-bond donors (Lipinski definition) is 0. The van der Waals surface area contributed by atoms with Crippen LogP contribution in [0.2, 0.25) is 0 Å². The van der Waals surface area contributed by atoms with Crippen LogP contribution in [0, 0.1) is 13.8 Å². The molecule has 21 heavy (non-hydrogen) atoms. The molecule has 3 rings (SSSR count). The average molecular weight is 274 g/mol. The number of aryl methyl sites for hydroxylation is 2. The maximum absolute atomic E-state index is 4.78. The Labute approximate surface area is 125 Å². The Morgan fingerprint density at radius 3 is 2.33 bits per heavy atom. The highest BCUT2D eigenvalue weighted by molar-refractivity contribution is 5.56. The summed E-state index contributed by atoms with van der Waals surface area (Å²) in [5.74, 6) is 0. The van der Waals surface area contributed by atoms with Crippen LogP contribution in [0.4, 0.5) is 0 Å². The molecular formula is C19H18N2. The van der Waals surface area contributed by atoms with Crippen molar-refractivity contribution < 1.29 is 0 Å².